The molecule has 5 aromatic rings. The topological polar surface area (TPSA) is 3.24 Å². The van der Waals surface area contributed by atoms with Crippen LogP contribution in [0.3, 0.4) is 0 Å². The van der Waals surface area contributed by atoms with Gasteiger partial charge in [-0.2, -0.15) is 0 Å². The minimum atomic E-state index is -0.629. The summed E-state index contributed by atoms with van der Waals surface area (Å²) >= 11 is 0. The zero-order valence-corrected chi connectivity index (χ0v) is 25.8. The highest BCUT2D eigenvalue weighted by Crippen LogP contribution is 2.54. The Morgan fingerprint density at radius 2 is 1.00 bits per heavy atom. The molecule has 0 N–H and O–H groups in total. The van der Waals surface area contributed by atoms with E-state index in [-0.39, 0.29) is 0 Å². The van der Waals surface area contributed by atoms with Crippen LogP contribution >= 0.6 is 15.8 Å². The van der Waals surface area contributed by atoms with Crippen molar-refractivity contribution in [3.8, 4) is 0 Å². The van der Waals surface area contributed by atoms with Crippen molar-refractivity contribution in [2.24, 2.45) is 5.92 Å². The minimum absolute atomic E-state index is 0.378. The molecule has 0 spiro atoms. The zero-order valence-electron chi connectivity index (χ0n) is 24.1. The molecule has 6 rings (SSSR count). The molecule has 0 amide bonds. The van der Waals surface area contributed by atoms with E-state index in [1.165, 1.54) is 51.3 Å². The summed E-state index contributed by atoms with van der Waals surface area (Å²) in [6.45, 7) is 0. The average Bonchev–Trinajstić information content (AvgIpc) is 3.48. The first-order chi connectivity index (χ1) is 20.2. The van der Waals surface area contributed by atoms with Gasteiger partial charge in [0, 0.05) is 6.04 Å². The lowest BCUT2D eigenvalue weighted by molar-refractivity contribution is 0.217. The van der Waals surface area contributed by atoms with Crippen molar-refractivity contribution in [1.29, 1.82) is 0 Å². The maximum absolute atomic E-state index is 2.54. The van der Waals surface area contributed by atoms with Crippen LogP contribution in [0, 0.1) is 5.92 Å². The average molecular weight is 572 g/mol. The second-order valence-corrected chi connectivity index (χ2v) is 15.9. The zero-order chi connectivity index (χ0) is 28.0. The molecule has 3 heteroatoms. The molecule has 1 nitrogen and oxygen atoms in total. The van der Waals surface area contributed by atoms with Gasteiger partial charge in [-0.25, -0.2) is 0 Å². The third kappa shape index (κ3) is 6.24. The van der Waals surface area contributed by atoms with Crippen molar-refractivity contribution in [2.75, 3.05) is 14.1 Å². The van der Waals surface area contributed by atoms with Gasteiger partial charge in [0.05, 0.1) is 0 Å². The fraction of sp³-hybridized carbons (Fsp3) is 0.211. The van der Waals surface area contributed by atoms with Crippen molar-refractivity contribution in [1.82, 2.24) is 4.90 Å². The maximum atomic E-state index is 2.54. The van der Waals surface area contributed by atoms with E-state index < -0.39 is 15.8 Å². The number of hydrogen-bond acceptors (Lipinski definition) is 1. The second kappa shape index (κ2) is 13.3. The predicted octanol–water partition coefficient (Wildman–Crippen LogP) is 7.35. The van der Waals surface area contributed by atoms with Gasteiger partial charge in [-0.1, -0.05) is 146 Å². The van der Waals surface area contributed by atoms with Crippen LogP contribution in [0.15, 0.2) is 146 Å². The fourth-order valence-corrected chi connectivity index (χ4v) is 12.3. The number of rotatable bonds is 9. The van der Waals surface area contributed by atoms with Crippen LogP contribution in [-0.4, -0.2) is 24.7 Å². The Morgan fingerprint density at radius 1 is 0.537 bits per heavy atom. The number of nitrogens with zero attached hydrogens (tertiary/aromatic N) is 1. The van der Waals surface area contributed by atoms with Crippen LogP contribution in [0.2, 0.25) is 0 Å². The molecule has 0 aliphatic heterocycles. The monoisotopic (exact) mass is 571 g/mol. The lowest BCUT2D eigenvalue weighted by atomic mass is 9.90. The van der Waals surface area contributed by atoms with Crippen LogP contribution in [0.1, 0.15) is 30.9 Å². The molecule has 206 valence electrons. The summed E-state index contributed by atoms with van der Waals surface area (Å²) in [4.78, 5) is 2.50. The summed E-state index contributed by atoms with van der Waals surface area (Å²) in [6, 6.07) is 54.8. The first kappa shape index (κ1) is 28.1. The van der Waals surface area contributed by atoms with E-state index in [1.54, 1.807) is 0 Å². The minimum Gasteiger partial charge on any atom is -0.302 e. The lowest BCUT2D eigenvalue weighted by Crippen LogP contribution is -2.34. The molecule has 0 heterocycles. The largest absolute Gasteiger partial charge is 0.302 e. The van der Waals surface area contributed by atoms with Crippen molar-refractivity contribution < 1.29 is 0 Å². The molecule has 1 saturated carbocycles. The molecule has 3 atom stereocenters. The van der Waals surface area contributed by atoms with Gasteiger partial charge in [-0.05, 0) is 92.5 Å². The van der Waals surface area contributed by atoms with E-state index in [0.717, 1.165) is 0 Å². The Hall–Kier alpha value is -3.08. The van der Waals surface area contributed by atoms with E-state index in [1.807, 2.05) is 0 Å². The standard InChI is InChI=1S/C38H39NP2/c1-39(2)38(36-27-16-28-37(36)41(33-22-11-5-12-23-33)34-24-13-6-14-25-34)30-17-15-26-35(29-30)40(31-18-7-3-8-19-31)32-20-9-4-10-21-32/h3-15,17-26,29,36-38H,16,27-28H2,1-2H3/t36?,37?,38-/m1/s1. The first-order valence-electron chi connectivity index (χ1n) is 14.8. The van der Waals surface area contributed by atoms with Gasteiger partial charge in [0.25, 0.3) is 0 Å². The Morgan fingerprint density at radius 3 is 1.49 bits per heavy atom. The van der Waals surface area contributed by atoms with Crippen molar-refractivity contribution in [3.63, 3.8) is 0 Å². The smallest absolute Gasteiger partial charge is 0.0376 e. The van der Waals surface area contributed by atoms with Gasteiger partial charge in [0.1, 0.15) is 0 Å². The Balaban J connectivity index is 1.41. The molecule has 0 radical (unpaired) electrons. The summed E-state index contributed by atoms with van der Waals surface area (Å²) < 4.78 is 0. The van der Waals surface area contributed by atoms with Crippen LogP contribution in [0.25, 0.3) is 0 Å². The maximum Gasteiger partial charge on any atom is 0.0376 e. The molecule has 0 saturated heterocycles. The lowest BCUT2D eigenvalue weighted by Gasteiger charge is -2.38. The van der Waals surface area contributed by atoms with Gasteiger partial charge >= 0.3 is 0 Å². The molecular weight excluding hydrogens is 532 g/mol. The summed E-state index contributed by atoms with van der Waals surface area (Å²) in [7, 11) is 3.50. The van der Waals surface area contributed by atoms with E-state index >= 15 is 0 Å². The summed E-state index contributed by atoms with van der Waals surface area (Å²) in [6.07, 6.45) is 3.88. The molecule has 1 aliphatic carbocycles. The first-order valence-corrected chi connectivity index (χ1v) is 17.5. The van der Waals surface area contributed by atoms with E-state index in [2.05, 4.69) is 165 Å². The number of hydrogen-bond donors (Lipinski definition) is 0. The van der Waals surface area contributed by atoms with Crippen LogP contribution in [0.4, 0.5) is 0 Å². The van der Waals surface area contributed by atoms with E-state index in [9.17, 15) is 0 Å². The third-order valence-electron chi connectivity index (χ3n) is 8.39. The molecule has 0 bridgehead atoms. The molecule has 1 fully saturated rings. The van der Waals surface area contributed by atoms with Crippen molar-refractivity contribution >= 4 is 42.4 Å². The quantitative estimate of drug-likeness (QED) is 0.167. The van der Waals surface area contributed by atoms with Crippen LogP contribution in [0.5, 0.6) is 0 Å². The van der Waals surface area contributed by atoms with Crippen LogP contribution < -0.4 is 26.5 Å². The molecule has 2 unspecified atom stereocenters. The highest BCUT2D eigenvalue weighted by molar-refractivity contribution is 7.79. The highest BCUT2D eigenvalue weighted by atomic mass is 31.1. The summed E-state index contributed by atoms with van der Waals surface area (Å²) in [5.41, 5.74) is 2.11. The van der Waals surface area contributed by atoms with Gasteiger partial charge in [-0.15, -0.1) is 0 Å². The third-order valence-corrected chi connectivity index (χ3v) is 13.8. The van der Waals surface area contributed by atoms with Gasteiger partial charge in [0.15, 0.2) is 0 Å². The summed E-state index contributed by atoms with van der Waals surface area (Å²) in [5, 5.41) is 7.26. The Kier molecular flexibility index (Phi) is 9.08. The van der Waals surface area contributed by atoms with Gasteiger partial charge in [-0.3, -0.25) is 0 Å². The molecular formula is C38H39NP2. The van der Waals surface area contributed by atoms with Crippen molar-refractivity contribution in [2.45, 2.75) is 31.0 Å². The SMILES string of the molecule is CN(C)[C@H](c1cccc(P(c2ccccc2)c2ccccc2)c1)C1CCCC1P(c1ccccc1)c1ccccc1. The second-order valence-electron chi connectivity index (χ2n) is 11.2. The van der Waals surface area contributed by atoms with Crippen molar-refractivity contribution in [3.05, 3.63) is 151 Å². The number of benzene rings is 5. The predicted molar refractivity (Wildman–Crippen MR) is 182 cm³/mol. The molecule has 1 aliphatic rings. The Bertz CT molecular complexity index is 1430. The molecule has 0 aromatic heterocycles. The Labute approximate surface area is 248 Å². The highest BCUT2D eigenvalue weighted by Gasteiger charge is 2.41. The summed E-state index contributed by atoms with van der Waals surface area (Å²) in [5.74, 6) is 0.603. The molecule has 41 heavy (non-hydrogen) atoms. The fourth-order valence-electron chi connectivity index (χ4n) is 6.74. The normalized spacial score (nSPS) is 17.8. The molecule has 5 aromatic carbocycles. The van der Waals surface area contributed by atoms with E-state index in [0.29, 0.717) is 17.6 Å². The van der Waals surface area contributed by atoms with Crippen LogP contribution in [-0.2, 0) is 0 Å². The van der Waals surface area contributed by atoms with E-state index in [4.69, 9.17) is 0 Å². The van der Waals surface area contributed by atoms with Gasteiger partial charge in [0.2, 0.25) is 0 Å². The van der Waals surface area contributed by atoms with Gasteiger partial charge < -0.3 is 4.90 Å².